The molecule has 5 nitrogen and oxygen atoms in total. The minimum atomic E-state index is -0.973. The Kier molecular flexibility index (Phi) is 5.19. The monoisotopic (exact) mass is 331 g/mol. The number of carboxylic acids is 1. The van der Waals surface area contributed by atoms with Crippen molar-refractivity contribution >= 4 is 11.9 Å². The third kappa shape index (κ3) is 3.46. The predicted octanol–water partition coefficient (Wildman–Crippen LogP) is 2.41. The van der Waals surface area contributed by atoms with Crippen molar-refractivity contribution in [1.82, 2.24) is 4.90 Å². The zero-order valence-electron chi connectivity index (χ0n) is 14.1. The van der Waals surface area contributed by atoms with E-state index in [1.54, 1.807) is 0 Å². The summed E-state index contributed by atoms with van der Waals surface area (Å²) in [6, 6.07) is 8.59. The van der Waals surface area contributed by atoms with Gasteiger partial charge < -0.3 is 14.7 Å². The maximum Gasteiger partial charge on any atom is 0.332 e. The fourth-order valence-electron chi connectivity index (χ4n) is 3.84. The van der Waals surface area contributed by atoms with Gasteiger partial charge in [0.2, 0.25) is 0 Å². The molecule has 2 aliphatic rings. The number of aliphatic carboxylic acids is 1. The Bertz CT molecular complexity index is 615. The van der Waals surface area contributed by atoms with Crippen LogP contribution in [0, 0.1) is 0 Å². The number of rotatable bonds is 5. The Morgan fingerprint density at radius 3 is 2.54 bits per heavy atom. The summed E-state index contributed by atoms with van der Waals surface area (Å²) < 4.78 is 5.48. The lowest BCUT2D eigenvalue weighted by atomic mass is 9.87. The number of carboxylic acid groups (broad SMARTS) is 1. The van der Waals surface area contributed by atoms with Gasteiger partial charge in [-0.2, -0.15) is 0 Å². The number of aryl methyl sites for hydroxylation is 1. The smallest absolute Gasteiger partial charge is 0.332 e. The number of hydrogen-bond acceptors (Lipinski definition) is 3. The molecule has 1 aromatic carbocycles. The van der Waals surface area contributed by atoms with Gasteiger partial charge in [0.15, 0.2) is 6.10 Å². The summed E-state index contributed by atoms with van der Waals surface area (Å²) >= 11 is 0. The van der Waals surface area contributed by atoms with Crippen LogP contribution in [0.1, 0.15) is 43.7 Å². The highest BCUT2D eigenvalue weighted by Gasteiger charge is 2.38. The van der Waals surface area contributed by atoms with E-state index in [0.717, 1.165) is 25.7 Å². The first-order valence-corrected chi connectivity index (χ1v) is 8.85. The van der Waals surface area contributed by atoms with Crippen LogP contribution in [0.2, 0.25) is 0 Å². The normalized spacial score (nSPS) is 26.0. The van der Waals surface area contributed by atoms with E-state index in [1.165, 1.54) is 11.1 Å². The van der Waals surface area contributed by atoms with Crippen molar-refractivity contribution in [2.45, 2.75) is 63.7 Å². The van der Waals surface area contributed by atoms with Crippen LogP contribution in [0.5, 0.6) is 0 Å². The van der Waals surface area contributed by atoms with E-state index in [0.29, 0.717) is 19.4 Å². The molecule has 5 heteroatoms. The quantitative estimate of drug-likeness (QED) is 0.900. The van der Waals surface area contributed by atoms with Crippen molar-refractivity contribution in [2.75, 3.05) is 6.54 Å². The van der Waals surface area contributed by atoms with Gasteiger partial charge in [-0.05, 0) is 49.7 Å². The van der Waals surface area contributed by atoms with Crippen molar-refractivity contribution in [3.8, 4) is 0 Å². The average Bonchev–Trinajstić information content (AvgIpc) is 3.09. The number of benzene rings is 1. The first kappa shape index (κ1) is 17.0. The van der Waals surface area contributed by atoms with Crippen molar-refractivity contribution in [3.05, 3.63) is 35.4 Å². The lowest BCUT2D eigenvalue weighted by molar-refractivity contribution is -0.155. The summed E-state index contributed by atoms with van der Waals surface area (Å²) in [4.78, 5) is 25.9. The fraction of sp³-hybridized carbons (Fsp3) is 0.579. The van der Waals surface area contributed by atoms with Gasteiger partial charge in [-0.3, -0.25) is 4.79 Å². The molecule has 0 saturated carbocycles. The molecular weight excluding hydrogens is 306 g/mol. The van der Waals surface area contributed by atoms with Crippen molar-refractivity contribution in [2.24, 2.45) is 0 Å². The highest BCUT2D eigenvalue weighted by Crippen LogP contribution is 2.28. The molecule has 3 atom stereocenters. The van der Waals surface area contributed by atoms with Gasteiger partial charge in [-0.25, -0.2) is 4.79 Å². The summed E-state index contributed by atoms with van der Waals surface area (Å²) in [6.07, 6.45) is 3.17. The predicted molar refractivity (Wildman–Crippen MR) is 89.8 cm³/mol. The zero-order valence-corrected chi connectivity index (χ0v) is 14.1. The summed E-state index contributed by atoms with van der Waals surface area (Å²) in [5.74, 6) is -1.01. The number of carbonyl (C=O) groups is 2. The van der Waals surface area contributed by atoms with E-state index in [9.17, 15) is 9.59 Å². The van der Waals surface area contributed by atoms with Crippen molar-refractivity contribution < 1.29 is 19.4 Å². The molecule has 0 bridgehead atoms. The van der Waals surface area contributed by atoms with E-state index in [4.69, 9.17) is 9.84 Å². The lowest BCUT2D eigenvalue weighted by Crippen LogP contribution is -2.48. The Morgan fingerprint density at radius 1 is 1.17 bits per heavy atom. The standard InChI is InChI=1S/C19H25NO4/c1-2-11-20(18(21)16-9-10-17(24-16)19(22)23)15-8-7-13-5-3-4-6-14(13)12-15/h3-6,15-17H,2,7-12H2,1H3,(H,22,23)/t15?,16-,17+/m0/s1. The number of nitrogens with zero attached hydrogens (tertiary/aromatic N) is 1. The van der Waals surface area contributed by atoms with Crippen LogP contribution in [0.25, 0.3) is 0 Å². The van der Waals surface area contributed by atoms with E-state index in [2.05, 4.69) is 25.1 Å². The number of carbonyl (C=O) groups excluding carboxylic acids is 1. The molecule has 0 aromatic heterocycles. The third-order valence-corrected chi connectivity index (χ3v) is 5.08. The second-order valence-electron chi connectivity index (χ2n) is 6.73. The second kappa shape index (κ2) is 7.34. The van der Waals surface area contributed by atoms with E-state index >= 15 is 0 Å². The van der Waals surface area contributed by atoms with Crippen molar-refractivity contribution in [3.63, 3.8) is 0 Å². The molecule has 1 unspecified atom stereocenters. The van der Waals surface area contributed by atoms with Gasteiger partial charge in [-0.1, -0.05) is 31.2 Å². The SMILES string of the molecule is CCCN(C(=O)[C@@H]1CC[C@H](C(=O)O)O1)C1CCc2ccccc2C1. The molecule has 1 fully saturated rings. The van der Waals surface area contributed by atoms with Crippen LogP contribution < -0.4 is 0 Å². The van der Waals surface area contributed by atoms with E-state index in [-0.39, 0.29) is 11.9 Å². The van der Waals surface area contributed by atoms with Crippen LogP contribution >= 0.6 is 0 Å². The molecule has 1 heterocycles. The lowest BCUT2D eigenvalue weighted by Gasteiger charge is -2.36. The fourth-order valence-corrected chi connectivity index (χ4v) is 3.84. The molecule has 130 valence electrons. The van der Waals surface area contributed by atoms with Crippen LogP contribution in [-0.4, -0.2) is 46.7 Å². The maximum atomic E-state index is 12.9. The Morgan fingerprint density at radius 2 is 1.88 bits per heavy atom. The second-order valence-corrected chi connectivity index (χ2v) is 6.73. The highest BCUT2D eigenvalue weighted by molar-refractivity contribution is 5.83. The summed E-state index contributed by atoms with van der Waals surface area (Å²) in [5.41, 5.74) is 2.69. The Labute approximate surface area is 142 Å². The van der Waals surface area contributed by atoms with Gasteiger partial charge in [-0.15, -0.1) is 0 Å². The van der Waals surface area contributed by atoms with Crippen LogP contribution in [0.3, 0.4) is 0 Å². The Balaban J connectivity index is 1.71. The molecule has 1 aliphatic carbocycles. The molecule has 1 amide bonds. The van der Waals surface area contributed by atoms with E-state index < -0.39 is 18.2 Å². The van der Waals surface area contributed by atoms with Gasteiger partial charge in [0.05, 0.1) is 0 Å². The molecule has 1 aromatic rings. The minimum Gasteiger partial charge on any atom is -0.479 e. The molecule has 1 aliphatic heterocycles. The van der Waals surface area contributed by atoms with Crippen LogP contribution in [0.4, 0.5) is 0 Å². The first-order chi connectivity index (χ1) is 11.6. The average molecular weight is 331 g/mol. The van der Waals surface area contributed by atoms with Gasteiger partial charge in [0.25, 0.3) is 5.91 Å². The highest BCUT2D eigenvalue weighted by atomic mass is 16.5. The molecule has 1 saturated heterocycles. The van der Waals surface area contributed by atoms with Gasteiger partial charge >= 0.3 is 5.97 Å². The topological polar surface area (TPSA) is 66.8 Å². The largest absolute Gasteiger partial charge is 0.479 e. The molecule has 0 radical (unpaired) electrons. The molecule has 24 heavy (non-hydrogen) atoms. The summed E-state index contributed by atoms with van der Waals surface area (Å²) in [6.45, 7) is 2.76. The number of amides is 1. The Hall–Kier alpha value is -1.88. The van der Waals surface area contributed by atoms with Crippen LogP contribution in [-0.2, 0) is 27.2 Å². The third-order valence-electron chi connectivity index (χ3n) is 5.08. The maximum absolute atomic E-state index is 12.9. The molecule has 1 N–H and O–H groups in total. The number of fused-ring (bicyclic) bond motifs is 1. The van der Waals surface area contributed by atoms with Gasteiger partial charge in [0.1, 0.15) is 6.10 Å². The minimum absolute atomic E-state index is 0.0371. The zero-order chi connectivity index (χ0) is 17.1. The van der Waals surface area contributed by atoms with Crippen LogP contribution in [0.15, 0.2) is 24.3 Å². The van der Waals surface area contributed by atoms with E-state index in [1.807, 2.05) is 11.0 Å². The summed E-state index contributed by atoms with van der Waals surface area (Å²) in [7, 11) is 0. The first-order valence-electron chi connectivity index (χ1n) is 8.85. The number of ether oxygens (including phenoxy) is 1. The molecule has 3 rings (SSSR count). The summed E-state index contributed by atoms with van der Waals surface area (Å²) in [5, 5.41) is 9.06. The van der Waals surface area contributed by atoms with Gasteiger partial charge in [0, 0.05) is 12.6 Å². The van der Waals surface area contributed by atoms with Crippen molar-refractivity contribution in [1.29, 1.82) is 0 Å². The molecule has 0 spiro atoms. The molecular formula is C19H25NO4. The number of hydrogen-bond donors (Lipinski definition) is 1.